The molecule has 0 saturated heterocycles. The van der Waals surface area contributed by atoms with Gasteiger partial charge >= 0.3 is 18.1 Å². The fourth-order valence-corrected chi connectivity index (χ4v) is 4.03. The number of carbonyl (C=O) groups is 2. The van der Waals surface area contributed by atoms with E-state index in [4.69, 9.17) is 9.47 Å². The third-order valence-corrected chi connectivity index (χ3v) is 6.07. The highest BCUT2D eigenvalue weighted by Crippen LogP contribution is 2.26. The second-order valence-corrected chi connectivity index (χ2v) is 8.62. The van der Waals surface area contributed by atoms with Gasteiger partial charge in [-0.1, -0.05) is 12.1 Å². The van der Waals surface area contributed by atoms with Crippen molar-refractivity contribution in [2.24, 2.45) is 0 Å². The van der Waals surface area contributed by atoms with Crippen LogP contribution in [0.4, 0.5) is 13.2 Å². The third kappa shape index (κ3) is 6.71. The van der Waals surface area contributed by atoms with E-state index in [1.807, 2.05) is 0 Å². The highest BCUT2D eigenvalue weighted by Gasteiger charge is 2.38. The van der Waals surface area contributed by atoms with Crippen LogP contribution in [0.15, 0.2) is 52.3 Å². The molecule has 1 amide bonds. The molecule has 0 atom stereocenters. The number of aryl methyl sites for hydroxylation is 1. The first-order valence-corrected chi connectivity index (χ1v) is 11.0. The molecule has 174 valence electrons. The molecule has 0 aliphatic carbocycles. The van der Waals surface area contributed by atoms with Gasteiger partial charge < -0.3 is 14.8 Å². The number of ether oxygens (including phenoxy) is 2. The molecule has 0 unspecified atom stereocenters. The van der Waals surface area contributed by atoms with Crippen LogP contribution >= 0.6 is 0 Å². The Morgan fingerprint density at radius 3 is 2.22 bits per heavy atom. The fourth-order valence-electron chi connectivity index (χ4n) is 2.68. The maximum absolute atomic E-state index is 12.9. The Morgan fingerprint density at radius 1 is 1.03 bits per heavy atom. The molecule has 2 aromatic rings. The van der Waals surface area contributed by atoms with Gasteiger partial charge in [0, 0.05) is 6.54 Å². The van der Waals surface area contributed by atoms with Crippen LogP contribution in [0.5, 0.6) is 5.75 Å². The van der Waals surface area contributed by atoms with Crippen LogP contribution in [0.3, 0.4) is 0 Å². The van der Waals surface area contributed by atoms with E-state index >= 15 is 0 Å². The van der Waals surface area contributed by atoms with Crippen molar-refractivity contribution >= 4 is 21.7 Å². The molecule has 0 bridgehead atoms. The zero-order valence-electron chi connectivity index (χ0n) is 17.4. The second-order valence-electron chi connectivity index (χ2n) is 6.67. The summed E-state index contributed by atoms with van der Waals surface area (Å²) in [5.74, 6) is -2.23. The van der Waals surface area contributed by atoms with E-state index in [2.05, 4.69) is 0 Å². The molecule has 0 aliphatic rings. The van der Waals surface area contributed by atoms with Gasteiger partial charge in [0.05, 0.1) is 16.4 Å². The van der Waals surface area contributed by atoms with Gasteiger partial charge in [0.15, 0.2) is 6.61 Å². The molecule has 2 aromatic carbocycles. The Kier molecular flexibility index (Phi) is 8.25. The molecule has 2 rings (SSSR count). The molecule has 0 fully saturated rings. The summed E-state index contributed by atoms with van der Waals surface area (Å²) < 4.78 is 72.4. The van der Waals surface area contributed by atoms with Gasteiger partial charge in [-0.3, -0.25) is 4.79 Å². The van der Waals surface area contributed by atoms with Gasteiger partial charge in [-0.05, 0) is 61.7 Å². The van der Waals surface area contributed by atoms with E-state index in [1.54, 1.807) is 19.2 Å². The number of amides is 1. The largest absolute Gasteiger partial charge is 0.482 e. The molecule has 0 aliphatic heterocycles. The predicted molar refractivity (Wildman–Crippen MR) is 108 cm³/mol. The zero-order chi connectivity index (χ0) is 23.9. The van der Waals surface area contributed by atoms with Gasteiger partial charge in [0.2, 0.25) is 9.84 Å². The Bertz CT molecular complexity index is 1070. The van der Waals surface area contributed by atoms with E-state index in [0.717, 1.165) is 0 Å². The van der Waals surface area contributed by atoms with Crippen LogP contribution in [-0.2, 0) is 30.6 Å². The number of halogens is 3. The number of carbonyl (C=O) groups excluding carboxylic acids is 2. The van der Waals surface area contributed by atoms with E-state index in [9.17, 15) is 31.2 Å². The minimum atomic E-state index is -4.95. The van der Waals surface area contributed by atoms with Crippen molar-refractivity contribution in [1.82, 2.24) is 5.32 Å². The van der Waals surface area contributed by atoms with E-state index in [0.29, 0.717) is 16.9 Å². The van der Waals surface area contributed by atoms with E-state index < -0.39 is 27.9 Å². The second kappa shape index (κ2) is 10.5. The smallest absolute Gasteiger partial charge is 0.471 e. The lowest BCUT2D eigenvalue weighted by atomic mass is 10.1. The summed E-state index contributed by atoms with van der Waals surface area (Å²) >= 11 is 0. The SMILES string of the molecule is CCOC(=O)COc1ccc(S(=O)(=O)c2ccc(CCNC(=O)C(F)(F)F)cc2)cc1C. The van der Waals surface area contributed by atoms with Crippen molar-refractivity contribution in [1.29, 1.82) is 0 Å². The van der Waals surface area contributed by atoms with Crippen LogP contribution in [0.25, 0.3) is 0 Å². The van der Waals surface area contributed by atoms with Crippen LogP contribution in [0.2, 0.25) is 0 Å². The van der Waals surface area contributed by atoms with Crippen molar-refractivity contribution < 1.29 is 40.7 Å². The Morgan fingerprint density at radius 2 is 1.66 bits per heavy atom. The van der Waals surface area contributed by atoms with Crippen LogP contribution in [0, 0.1) is 6.92 Å². The monoisotopic (exact) mass is 473 g/mol. The molecule has 0 heterocycles. The van der Waals surface area contributed by atoms with Crippen LogP contribution in [-0.4, -0.2) is 46.2 Å². The summed E-state index contributed by atoms with van der Waals surface area (Å²) in [7, 11) is -3.85. The minimum Gasteiger partial charge on any atom is -0.482 e. The molecule has 11 heteroatoms. The van der Waals surface area contributed by atoms with Gasteiger partial charge in [-0.2, -0.15) is 13.2 Å². The van der Waals surface area contributed by atoms with Crippen LogP contribution < -0.4 is 10.1 Å². The van der Waals surface area contributed by atoms with Gasteiger partial charge in [-0.25, -0.2) is 13.2 Å². The molecular weight excluding hydrogens is 451 g/mol. The number of sulfone groups is 1. The highest BCUT2D eigenvalue weighted by atomic mass is 32.2. The highest BCUT2D eigenvalue weighted by molar-refractivity contribution is 7.91. The Labute approximate surface area is 183 Å². The number of esters is 1. The molecule has 1 N–H and O–H groups in total. The predicted octanol–water partition coefficient (Wildman–Crippen LogP) is 2.99. The van der Waals surface area contributed by atoms with Crippen LogP contribution in [0.1, 0.15) is 18.1 Å². The van der Waals surface area contributed by atoms with E-state index in [1.165, 1.54) is 42.5 Å². The summed E-state index contributed by atoms with van der Waals surface area (Å²) in [6, 6.07) is 9.83. The van der Waals surface area contributed by atoms with Crippen molar-refractivity contribution in [3.63, 3.8) is 0 Å². The molecule has 7 nitrogen and oxygen atoms in total. The first kappa shape index (κ1) is 25.2. The number of alkyl halides is 3. The number of rotatable bonds is 9. The van der Waals surface area contributed by atoms with Gasteiger partial charge in [0.1, 0.15) is 5.75 Å². The summed E-state index contributed by atoms with van der Waals surface area (Å²) in [5.41, 5.74) is 1.07. The van der Waals surface area contributed by atoms with Crippen molar-refractivity contribution in [3.05, 3.63) is 53.6 Å². The number of hydrogen-bond donors (Lipinski definition) is 1. The van der Waals surface area contributed by atoms with Gasteiger partial charge in [0.25, 0.3) is 0 Å². The standard InChI is InChI=1S/C21H22F3NO6S/c1-3-30-19(26)13-31-18-9-8-17(12-14(18)2)32(28,29)16-6-4-15(5-7-16)10-11-25-20(27)21(22,23)24/h4-9,12H,3,10-11,13H2,1-2H3,(H,25,27). The van der Waals surface area contributed by atoms with Gasteiger partial charge in [-0.15, -0.1) is 0 Å². The maximum Gasteiger partial charge on any atom is 0.471 e. The van der Waals surface area contributed by atoms with Crippen molar-refractivity contribution in [2.45, 2.75) is 36.2 Å². The summed E-state index contributed by atoms with van der Waals surface area (Å²) in [5, 5.41) is 1.75. The van der Waals surface area contributed by atoms with Crippen molar-refractivity contribution in [2.75, 3.05) is 19.8 Å². The molecular formula is C21H22F3NO6S. The number of hydrogen-bond acceptors (Lipinski definition) is 6. The Hall–Kier alpha value is -3.08. The normalized spacial score (nSPS) is 11.7. The lowest BCUT2D eigenvalue weighted by molar-refractivity contribution is -0.173. The molecule has 32 heavy (non-hydrogen) atoms. The van der Waals surface area contributed by atoms with E-state index in [-0.39, 0.29) is 36.0 Å². The fraction of sp³-hybridized carbons (Fsp3) is 0.333. The summed E-state index contributed by atoms with van der Waals surface area (Å²) in [6.45, 7) is 2.99. The van der Waals surface area contributed by atoms with Crippen molar-refractivity contribution in [3.8, 4) is 5.75 Å². The number of benzene rings is 2. The maximum atomic E-state index is 12.9. The summed E-state index contributed by atoms with van der Waals surface area (Å²) in [4.78, 5) is 22.2. The first-order chi connectivity index (χ1) is 14.9. The minimum absolute atomic E-state index is 0.000157. The Balaban J connectivity index is 2.05. The number of nitrogens with one attached hydrogen (secondary N) is 1. The zero-order valence-corrected chi connectivity index (χ0v) is 18.2. The molecule has 0 saturated carbocycles. The molecule has 0 radical (unpaired) electrons. The lowest BCUT2D eigenvalue weighted by Gasteiger charge is -2.11. The first-order valence-electron chi connectivity index (χ1n) is 9.53. The quantitative estimate of drug-likeness (QED) is 0.563. The topological polar surface area (TPSA) is 98.8 Å². The third-order valence-electron chi connectivity index (χ3n) is 4.30. The average Bonchev–Trinajstić information content (AvgIpc) is 2.72. The summed E-state index contributed by atoms with van der Waals surface area (Å²) in [6.07, 6.45) is -4.84. The lowest BCUT2D eigenvalue weighted by Crippen LogP contribution is -2.37. The molecule has 0 spiro atoms. The molecule has 0 aromatic heterocycles. The average molecular weight is 473 g/mol.